The molecule has 2 aliphatic rings. The summed E-state index contributed by atoms with van der Waals surface area (Å²) in [4.78, 5) is 36.7. The van der Waals surface area contributed by atoms with Crippen LogP contribution in [0.1, 0.15) is 50.7 Å². The van der Waals surface area contributed by atoms with Gasteiger partial charge in [-0.3, -0.25) is 14.6 Å². The molecule has 274 valence electrons. The lowest BCUT2D eigenvalue weighted by Gasteiger charge is -2.32. The van der Waals surface area contributed by atoms with E-state index in [-0.39, 0.29) is 11.8 Å². The molecule has 6 rings (SSSR count). The van der Waals surface area contributed by atoms with Crippen molar-refractivity contribution in [2.24, 2.45) is 0 Å². The summed E-state index contributed by atoms with van der Waals surface area (Å²) >= 11 is 14.2. The molecule has 4 aromatic rings. The molecule has 0 radical (unpaired) electrons. The molecular formula is C40H46Cl2N6O4. The van der Waals surface area contributed by atoms with Crippen LogP contribution < -0.4 is 20.1 Å². The number of hydrogen-bond acceptors (Lipinski definition) is 8. The second-order valence-corrected chi connectivity index (χ2v) is 14.2. The van der Waals surface area contributed by atoms with Crippen LogP contribution in [0.4, 0.5) is 0 Å². The molecule has 0 saturated carbocycles. The first-order valence-corrected chi connectivity index (χ1v) is 18.5. The Morgan fingerprint density at radius 2 is 1.35 bits per heavy atom. The fourth-order valence-corrected chi connectivity index (χ4v) is 7.70. The number of likely N-dealkylation sites (tertiary alicyclic amines) is 2. The lowest BCUT2D eigenvalue weighted by atomic mass is 9.99. The molecule has 12 heteroatoms. The maximum absolute atomic E-state index is 11.7. The molecule has 4 heterocycles. The second kappa shape index (κ2) is 17.1. The fraction of sp³-hybridized carbons (Fsp3) is 0.400. The summed E-state index contributed by atoms with van der Waals surface area (Å²) in [5.41, 5.74) is 6.37. The zero-order valence-electron chi connectivity index (χ0n) is 30.2. The van der Waals surface area contributed by atoms with E-state index in [2.05, 4.69) is 21.7 Å². The van der Waals surface area contributed by atoms with E-state index in [0.29, 0.717) is 58.0 Å². The molecule has 0 bridgehead atoms. The van der Waals surface area contributed by atoms with Crippen LogP contribution in [0.5, 0.6) is 11.6 Å². The van der Waals surface area contributed by atoms with Crippen molar-refractivity contribution >= 4 is 35.0 Å². The van der Waals surface area contributed by atoms with Crippen molar-refractivity contribution in [2.45, 2.75) is 64.7 Å². The average Bonchev–Trinajstić information content (AvgIpc) is 3.17. The standard InChI is InChI=1S/C40H46Cl2N6O4/c1-25(49)47-18-13-30(14-19-47)44-23-28-9-8-27(22-36(28)51-3)32-12-17-43-39(38(32)42)34-7-5-6-33(37(34)41)35-11-10-29(40(46-35)52-4)24-45-31-15-20-48(21-16-31)26(2)50/h5-12,17,22,30-31,44-45H,13-16,18-21,23-24H2,1-4H3. The van der Waals surface area contributed by atoms with Crippen LogP contribution in [0.15, 0.2) is 60.8 Å². The first-order chi connectivity index (χ1) is 25.2. The van der Waals surface area contributed by atoms with Gasteiger partial charge in [0.2, 0.25) is 17.7 Å². The molecule has 2 saturated heterocycles. The predicted molar refractivity (Wildman–Crippen MR) is 206 cm³/mol. The smallest absolute Gasteiger partial charge is 0.219 e. The van der Waals surface area contributed by atoms with Crippen LogP contribution in [0.3, 0.4) is 0 Å². The SMILES string of the molecule is COc1cc(-c2ccnc(-c3cccc(-c4ccc(CNC5CCN(C(C)=O)CC5)c(OC)n4)c3Cl)c2Cl)ccc1CNC1CCN(C(C)=O)CC1. The maximum atomic E-state index is 11.7. The van der Waals surface area contributed by atoms with E-state index in [0.717, 1.165) is 85.4 Å². The highest BCUT2D eigenvalue weighted by Crippen LogP contribution is 2.42. The van der Waals surface area contributed by atoms with Crippen molar-refractivity contribution in [1.82, 2.24) is 30.4 Å². The summed E-state index contributed by atoms with van der Waals surface area (Å²) in [5, 5.41) is 8.21. The minimum Gasteiger partial charge on any atom is -0.496 e. The number of nitrogens with one attached hydrogen (secondary N) is 2. The van der Waals surface area contributed by atoms with Gasteiger partial charge in [0.15, 0.2) is 0 Å². The number of halogens is 2. The van der Waals surface area contributed by atoms with E-state index in [4.69, 9.17) is 37.7 Å². The van der Waals surface area contributed by atoms with E-state index in [1.807, 2.05) is 58.3 Å². The highest BCUT2D eigenvalue weighted by molar-refractivity contribution is 6.39. The third-order valence-corrected chi connectivity index (χ3v) is 11.0. The molecule has 2 aliphatic heterocycles. The van der Waals surface area contributed by atoms with Crippen LogP contribution in [-0.4, -0.2) is 84.1 Å². The summed E-state index contributed by atoms with van der Waals surface area (Å²) in [6.07, 6.45) is 5.41. The van der Waals surface area contributed by atoms with Crippen molar-refractivity contribution < 1.29 is 19.1 Å². The Kier molecular flexibility index (Phi) is 12.3. The van der Waals surface area contributed by atoms with Gasteiger partial charge < -0.3 is 29.9 Å². The van der Waals surface area contributed by atoms with Gasteiger partial charge in [0.1, 0.15) is 5.75 Å². The molecule has 0 spiro atoms. The number of amides is 2. The highest BCUT2D eigenvalue weighted by Gasteiger charge is 2.23. The highest BCUT2D eigenvalue weighted by atomic mass is 35.5. The van der Waals surface area contributed by atoms with Crippen LogP contribution in [0.25, 0.3) is 33.6 Å². The molecule has 0 atom stereocenters. The summed E-state index contributed by atoms with van der Waals surface area (Å²) in [6.45, 7) is 7.59. The third-order valence-electron chi connectivity index (χ3n) is 10.2. The first-order valence-electron chi connectivity index (χ1n) is 17.8. The van der Waals surface area contributed by atoms with Crippen molar-refractivity contribution in [3.8, 4) is 45.3 Å². The topological polar surface area (TPSA) is 109 Å². The van der Waals surface area contributed by atoms with E-state index >= 15 is 0 Å². The quantitative estimate of drug-likeness (QED) is 0.169. The zero-order chi connectivity index (χ0) is 36.8. The molecule has 2 aromatic heterocycles. The molecule has 0 aliphatic carbocycles. The third kappa shape index (κ3) is 8.52. The van der Waals surface area contributed by atoms with Gasteiger partial charge in [-0.05, 0) is 49.4 Å². The molecule has 2 N–H and O–H groups in total. The largest absolute Gasteiger partial charge is 0.496 e. The van der Waals surface area contributed by atoms with E-state index in [9.17, 15) is 9.59 Å². The van der Waals surface area contributed by atoms with Gasteiger partial charge in [-0.25, -0.2) is 4.98 Å². The van der Waals surface area contributed by atoms with Gasteiger partial charge in [-0.2, -0.15) is 0 Å². The lowest BCUT2D eigenvalue weighted by Crippen LogP contribution is -2.44. The van der Waals surface area contributed by atoms with Crippen LogP contribution in [0.2, 0.25) is 10.0 Å². The van der Waals surface area contributed by atoms with Gasteiger partial charge in [0.05, 0.1) is 35.7 Å². The number of aromatic nitrogens is 2. The Morgan fingerprint density at radius 3 is 1.94 bits per heavy atom. The Balaban J connectivity index is 1.18. The number of hydrogen-bond donors (Lipinski definition) is 2. The van der Waals surface area contributed by atoms with Crippen molar-refractivity contribution in [3.05, 3.63) is 82.0 Å². The van der Waals surface area contributed by atoms with Crippen molar-refractivity contribution in [2.75, 3.05) is 40.4 Å². The van der Waals surface area contributed by atoms with Crippen LogP contribution in [0, 0.1) is 0 Å². The average molecular weight is 746 g/mol. The van der Waals surface area contributed by atoms with Gasteiger partial charge in [-0.1, -0.05) is 59.6 Å². The minimum absolute atomic E-state index is 0.128. The Bertz CT molecular complexity index is 1770. The zero-order valence-corrected chi connectivity index (χ0v) is 31.7. The van der Waals surface area contributed by atoms with E-state index < -0.39 is 0 Å². The molecule has 2 amide bonds. The monoisotopic (exact) mass is 744 g/mol. The Morgan fingerprint density at radius 1 is 0.750 bits per heavy atom. The van der Waals surface area contributed by atoms with Crippen molar-refractivity contribution in [1.29, 1.82) is 0 Å². The molecule has 0 unspecified atom stereocenters. The van der Waals surface area contributed by atoms with Gasteiger partial charge >= 0.3 is 0 Å². The summed E-state index contributed by atoms with van der Waals surface area (Å²) in [5.74, 6) is 1.55. The number of carbonyl (C=O) groups excluding carboxylic acids is 2. The summed E-state index contributed by atoms with van der Waals surface area (Å²) < 4.78 is 11.5. The number of carbonyl (C=O) groups is 2. The summed E-state index contributed by atoms with van der Waals surface area (Å²) in [6, 6.07) is 18.4. The van der Waals surface area contributed by atoms with Crippen LogP contribution >= 0.6 is 23.2 Å². The predicted octanol–water partition coefficient (Wildman–Crippen LogP) is 7.00. The van der Waals surface area contributed by atoms with Gasteiger partial charge in [-0.15, -0.1) is 0 Å². The van der Waals surface area contributed by atoms with E-state index in [1.54, 1.807) is 34.3 Å². The number of ether oxygens (including phenoxy) is 2. The Hall–Kier alpha value is -4.22. The Labute approximate surface area is 315 Å². The minimum atomic E-state index is 0.128. The number of methoxy groups -OCH3 is 2. The second-order valence-electron chi connectivity index (χ2n) is 13.4. The fourth-order valence-electron chi connectivity index (χ4n) is 7.06. The lowest BCUT2D eigenvalue weighted by molar-refractivity contribution is -0.130. The first kappa shape index (κ1) is 37.5. The maximum Gasteiger partial charge on any atom is 0.219 e. The molecule has 52 heavy (non-hydrogen) atoms. The number of benzene rings is 2. The van der Waals surface area contributed by atoms with Gasteiger partial charge in [0, 0.05) is 99.2 Å². The van der Waals surface area contributed by atoms with E-state index in [1.165, 1.54) is 0 Å². The number of nitrogens with zero attached hydrogens (tertiary/aromatic N) is 4. The van der Waals surface area contributed by atoms with Gasteiger partial charge in [0.25, 0.3) is 0 Å². The normalized spacial score (nSPS) is 15.5. The molecule has 2 fully saturated rings. The molecular weight excluding hydrogens is 699 g/mol. The molecule has 2 aromatic carbocycles. The summed E-state index contributed by atoms with van der Waals surface area (Å²) in [7, 11) is 3.29. The van der Waals surface area contributed by atoms with Crippen LogP contribution in [-0.2, 0) is 22.7 Å². The molecule has 10 nitrogen and oxygen atoms in total. The number of rotatable bonds is 11. The number of piperidine rings is 2. The van der Waals surface area contributed by atoms with Crippen molar-refractivity contribution in [3.63, 3.8) is 0 Å². The number of pyridine rings is 2.